The van der Waals surface area contributed by atoms with Gasteiger partial charge in [-0.05, 0) is 57.7 Å². The van der Waals surface area contributed by atoms with E-state index in [0.717, 1.165) is 12.5 Å². The molecule has 2 unspecified atom stereocenters. The Morgan fingerprint density at radius 3 is 2.94 bits per heavy atom. The van der Waals surface area contributed by atoms with E-state index in [1.165, 1.54) is 58.3 Å². The Balaban J connectivity index is 1.66. The monoisotopic (exact) mass is 254 g/mol. The summed E-state index contributed by atoms with van der Waals surface area (Å²) in [6, 6.07) is 0.676. The molecule has 2 atom stereocenters. The SMILES string of the molecule is CC(C)C1CN(CCCC2CCCO2)CCCN1. The molecule has 3 heteroatoms. The molecule has 0 saturated carbocycles. The molecule has 0 aromatic rings. The standard InChI is InChI=1S/C15H30N2O/c1-13(2)15-12-17(10-5-8-16-15)9-3-6-14-7-4-11-18-14/h13-16H,3-12H2,1-2H3. The molecule has 0 amide bonds. The average molecular weight is 254 g/mol. The summed E-state index contributed by atoms with van der Waals surface area (Å²) in [5.41, 5.74) is 0. The van der Waals surface area contributed by atoms with Crippen LogP contribution >= 0.6 is 0 Å². The molecular weight excluding hydrogens is 224 g/mol. The largest absolute Gasteiger partial charge is 0.378 e. The second-order valence-electron chi connectivity index (χ2n) is 6.24. The van der Waals surface area contributed by atoms with Crippen molar-refractivity contribution in [3.05, 3.63) is 0 Å². The molecule has 0 spiro atoms. The first-order valence-electron chi connectivity index (χ1n) is 7.83. The third-order valence-electron chi connectivity index (χ3n) is 4.34. The van der Waals surface area contributed by atoms with Crippen LogP contribution in [0.4, 0.5) is 0 Å². The molecule has 2 heterocycles. The number of hydrogen-bond donors (Lipinski definition) is 1. The Morgan fingerprint density at radius 1 is 1.33 bits per heavy atom. The van der Waals surface area contributed by atoms with Gasteiger partial charge in [-0.3, -0.25) is 0 Å². The third kappa shape index (κ3) is 4.52. The van der Waals surface area contributed by atoms with E-state index in [1.54, 1.807) is 0 Å². The Kier molecular flexibility index (Phi) is 5.93. The molecule has 2 rings (SSSR count). The highest BCUT2D eigenvalue weighted by atomic mass is 16.5. The van der Waals surface area contributed by atoms with Crippen molar-refractivity contribution in [2.24, 2.45) is 5.92 Å². The van der Waals surface area contributed by atoms with Crippen LogP contribution in [0, 0.1) is 5.92 Å². The normalized spacial score (nSPS) is 30.8. The summed E-state index contributed by atoms with van der Waals surface area (Å²) >= 11 is 0. The van der Waals surface area contributed by atoms with Crippen molar-refractivity contribution in [3.8, 4) is 0 Å². The van der Waals surface area contributed by atoms with Gasteiger partial charge in [-0.25, -0.2) is 0 Å². The molecule has 0 aromatic heterocycles. The van der Waals surface area contributed by atoms with E-state index in [-0.39, 0.29) is 0 Å². The lowest BCUT2D eigenvalue weighted by Gasteiger charge is -2.27. The van der Waals surface area contributed by atoms with Crippen molar-refractivity contribution in [1.29, 1.82) is 0 Å². The fourth-order valence-electron chi connectivity index (χ4n) is 3.09. The summed E-state index contributed by atoms with van der Waals surface area (Å²) in [6.07, 6.45) is 6.98. The van der Waals surface area contributed by atoms with Crippen molar-refractivity contribution in [2.75, 3.05) is 32.8 Å². The zero-order valence-corrected chi connectivity index (χ0v) is 12.2. The highest BCUT2D eigenvalue weighted by molar-refractivity contribution is 4.79. The van der Waals surface area contributed by atoms with Crippen molar-refractivity contribution < 1.29 is 4.74 Å². The lowest BCUT2D eigenvalue weighted by atomic mass is 10.0. The Bertz CT molecular complexity index is 227. The van der Waals surface area contributed by atoms with Gasteiger partial charge in [0.05, 0.1) is 6.10 Å². The lowest BCUT2D eigenvalue weighted by molar-refractivity contribution is 0.0983. The molecule has 0 aliphatic carbocycles. The molecule has 2 aliphatic heterocycles. The van der Waals surface area contributed by atoms with Crippen molar-refractivity contribution in [1.82, 2.24) is 10.2 Å². The second-order valence-corrected chi connectivity index (χ2v) is 6.24. The lowest BCUT2D eigenvalue weighted by Crippen LogP contribution is -2.41. The van der Waals surface area contributed by atoms with Gasteiger partial charge in [-0.2, -0.15) is 0 Å². The van der Waals surface area contributed by atoms with Crippen LogP contribution in [0.15, 0.2) is 0 Å². The molecule has 1 N–H and O–H groups in total. The second kappa shape index (κ2) is 7.46. The number of hydrogen-bond acceptors (Lipinski definition) is 3. The third-order valence-corrected chi connectivity index (χ3v) is 4.34. The smallest absolute Gasteiger partial charge is 0.0576 e. The predicted molar refractivity (Wildman–Crippen MR) is 75.9 cm³/mol. The van der Waals surface area contributed by atoms with E-state index in [9.17, 15) is 0 Å². The fraction of sp³-hybridized carbons (Fsp3) is 1.00. The van der Waals surface area contributed by atoms with E-state index >= 15 is 0 Å². The topological polar surface area (TPSA) is 24.5 Å². The number of nitrogens with zero attached hydrogens (tertiary/aromatic N) is 1. The minimum Gasteiger partial charge on any atom is -0.378 e. The average Bonchev–Trinajstić information content (AvgIpc) is 2.73. The molecule has 0 radical (unpaired) electrons. The molecule has 0 aromatic carbocycles. The van der Waals surface area contributed by atoms with Gasteiger partial charge in [0.15, 0.2) is 0 Å². The minimum absolute atomic E-state index is 0.566. The molecule has 3 nitrogen and oxygen atoms in total. The highest BCUT2D eigenvalue weighted by Gasteiger charge is 2.20. The Labute approximate surface area is 112 Å². The van der Waals surface area contributed by atoms with E-state index < -0.39 is 0 Å². The molecule has 106 valence electrons. The van der Waals surface area contributed by atoms with Crippen molar-refractivity contribution in [2.45, 2.75) is 58.1 Å². The van der Waals surface area contributed by atoms with Gasteiger partial charge in [0.2, 0.25) is 0 Å². The summed E-state index contributed by atoms with van der Waals surface area (Å²) in [7, 11) is 0. The zero-order chi connectivity index (χ0) is 12.8. The van der Waals surface area contributed by atoms with Crippen molar-refractivity contribution in [3.63, 3.8) is 0 Å². The summed E-state index contributed by atoms with van der Waals surface area (Å²) < 4.78 is 5.70. The molecule has 18 heavy (non-hydrogen) atoms. The van der Waals surface area contributed by atoms with Crippen LogP contribution in [0.2, 0.25) is 0 Å². The van der Waals surface area contributed by atoms with Gasteiger partial charge in [0.1, 0.15) is 0 Å². The predicted octanol–water partition coefficient (Wildman–Crippen LogP) is 2.27. The van der Waals surface area contributed by atoms with Gasteiger partial charge in [-0.15, -0.1) is 0 Å². The van der Waals surface area contributed by atoms with Crippen LogP contribution < -0.4 is 5.32 Å². The molecular formula is C15H30N2O. The van der Waals surface area contributed by atoms with E-state index in [1.807, 2.05) is 0 Å². The summed E-state index contributed by atoms with van der Waals surface area (Å²) in [4.78, 5) is 2.65. The van der Waals surface area contributed by atoms with Crippen molar-refractivity contribution >= 4 is 0 Å². The highest BCUT2D eigenvalue weighted by Crippen LogP contribution is 2.17. The van der Waals surface area contributed by atoms with Gasteiger partial charge in [-0.1, -0.05) is 13.8 Å². The number of ether oxygens (including phenoxy) is 1. The first-order valence-corrected chi connectivity index (χ1v) is 7.83. The number of nitrogens with one attached hydrogen (secondary N) is 1. The molecule has 2 fully saturated rings. The summed E-state index contributed by atoms with van der Waals surface area (Å²) in [5.74, 6) is 0.740. The summed E-state index contributed by atoms with van der Waals surface area (Å²) in [6.45, 7) is 10.6. The van der Waals surface area contributed by atoms with E-state index in [4.69, 9.17) is 4.74 Å². The number of rotatable bonds is 5. The summed E-state index contributed by atoms with van der Waals surface area (Å²) in [5, 5.41) is 3.68. The molecule has 0 bridgehead atoms. The first kappa shape index (κ1) is 14.3. The van der Waals surface area contributed by atoms with E-state index in [0.29, 0.717) is 12.1 Å². The minimum atomic E-state index is 0.566. The van der Waals surface area contributed by atoms with Crippen LogP contribution in [0.25, 0.3) is 0 Å². The maximum absolute atomic E-state index is 5.70. The maximum atomic E-state index is 5.70. The van der Waals surface area contributed by atoms with Gasteiger partial charge in [0, 0.05) is 19.2 Å². The van der Waals surface area contributed by atoms with Gasteiger partial charge < -0.3 is 15.0 Å². The van der Waals surface area contributed by atoms with Gasteiger partial charge in [0.25, 0.3) is 0 Å². The Morgan fingerprint density at radius 2 is 2.22 bits per heavy atom. The van der Waals surface area contributed by atoms with Crippen LogP contribution in [-0.2, 0) is 4.74 Å². The van der Waals surface area contributed by atoms with Gasteiger partial charge >= 0.3 is 0 Å². The van der Waals surface area contributed by atoms with E-state index in [2.05, 4.69) is 24.1 Å². The Hall–Kier alpha value is -0.120. The first-order chi connectivity index (χ1) is 8.75. The van der Waals surface area contributed by atoms with Crippen LogP contribution in [-0.4, -0.2) is 49.8 Å². The maximum Gasteiger partial charge on any atom is 0.0576 e. The van der Waals surface area contributed by atoms with Crippen LogP contribution in [0.5, 0.6) is 0 Å². The quantitative estimate of drug-likeness (QED) is 0.814. The molecule has 2 saturated heterocycles. The zero-order valence-electron chi connectivity index (χ0n) is 12.2. The fourth-order valence-corrected chi connectivity index (χ4v) is 3.09. The van der Waals surface area contributed by atoms with Crippen LogP contribution in [0.3, 0.4) is 0 Å². The van der Waals surface area contributed by atoms with Crippen LogP contribution in [0.1, 0.15) is 46.0 Å². The molecule has 2 aliphatic rings.